The molecule has 2 aromatic carbocycles. The van der Waals surface area contributed by atoms with Gasteiger partial charge in [-0.1, -0.05) is 42.5 Å². The quantitative estimate of drug-likeness (QED) is 0.495. The molecule has 0 aliphatic carbocycles. The molecule has 2 atom stereocenters. The van der Waals surface area contributed by atoms with Crippen molar-refractivity contribution in [3.63, 3.8) is 0 Å². The van der Waals surface area contributed by atoms with Crippen LogP contribution in [0.5, 0.6) is 0 Å². The first-order chi connectivity index (χ1) is 18.6. The van der Waals surface area contributed by atoms with Crippen molar-refractivity contribution in [3.05, 3.63) is 71.0 Å². The number of carbonyl (C=O) groups excluding carboxylic acids is 1. The molecule has 2 aliphatic rings. The fraction of sp³-hybridized carbons (Fsp3) is 0.533. The highest BCUT2D eigenvalue weighted by atomic mass is 32.2. The predicted octanol–water partition coefficient (Wildman–Crippen LogP) is 5.70. The van der Waals surface area contributed by atoms with E-state index in [-0.39, 0.29) is 18.5 Å². The Bertz CT molecular complexity index is 1340. The summed E-state index contributed by atoms with van der Waals surface area (Å²) in [5, 5.41) is -0.856. The highest BCUT2D eigenvalue weighted by molar-refractivity contribution is 7.90. The molecule has 2 saturated heterocycles. The molecular weight excluding hydrogens is 533 g/mol. The summed E-state index contributed by atoms with van der Waals surface area (Å²) < 4.78 is 54.7. The Morgan fingerprint density at radius 1 is 1.15 bits per heavy atom. The second kappa shape index (κ2) is 11.4. The molecule has 10 heteroatoms. The van der Waals surface area contributed by atoms with Gasteiger partial charge in [0.25, 0.3) is 6.02 Å². The van der Waals surface area contributed by atoms with Crippen LogP contribution in [-0.4, -0.2) is 55.0 Å². The van der Waals surface area contributed by atoms with Gasteiger partial charge in [0, 0.05) is 18.7 Å². The molecule has 8 nitrogen and oxygen atoms in total. The molecule has 0 bridgehead atoms. The van der Waals surface area contributed by atoms with E-state index in [1.54, 1.807) is 43.9 Å². The zero-order chi connectivity index (χ0) is 29.3. The van der Waals surface area contributed by atoms with Gasteiger partial charge in [-0.25, -0.2) is 27.3 Å². The van der Waals surface area contributed by atoms with Crippen LogP contribution in [0.15, 0.2) is 53.5 Å². The van der Waals surface area contributed by atoms with Crippen LogP contribution in [0.2, 0.25) is 0 Å². The van der Waals surface area contributed by atoms with Gasteiger partial charge in [0.1, 0.15) is 22.3 Å². The zero-order valence-corrected chi connectivity index (χ0v) is 24.9. The summed E-state index contributed by atoms with van der Waals surface area (Å²) in [6, 6.07) is 13.5. The van der Waals surface area contributed by atoms with Gasteiger partial charge in [-0.05, 0) is 83.9 Å². The third-order valence-corrected chi connectivity index (χ3v) is 9.37. The molecule has 2 unspecified atom stereocenters. The third kappa shape index (κ3) is 7.13. The van der Waals surface area contributed by atoms with Gasteiger partial charge < -0.3 is 14.4 Å². The molecule has 0 saturated carbocycles. The summed E-state index contributed by atoms with van der Waals surface area (Å²) in [7, 11) is -3.82. The van der Waals surface area contributed by atoms with Crippen molar-refractivity contribution in [3.8, 4) is 0 Å². The minimum Gasteiger partial charge on any atom is -0.457 e. The number of rotatable bonds is 5. The molecule has 2 aromatic rings. The van der Waals surface area contributed by atoms with E-state index in [2.05, 4.69) is 9.71 Å². The first-order valence-corrected chi connectivity index (χ1v) is 15.3. The van der Waals surface area contributed by atoms with E-state index in [1.807, 2.05) is 45.0 Å². The molecule has 218 valence electrons. The summed E-state index contributed by atoms with van der Waals surface area (Å²) in [4.78, 5) is 18.5. The number of carbonyl (C=O) groups is 1. The maximum atomic E-state index is 14.2. The topological polar surface area (TPSA) is 97.3 Å². The van der Waals surface area contributed by atoms with Crippen LogP contribution in [-0.2, 0) is 25.9 Å². The molecule has 2 aliphatic heterocycles. The van der Waals surface area contributed by atoms with Crippen LogP contribution in [0.4, 0.5) is 9.18 Å². The number of halogens is 1. The highest BCUT2D eigenvalue weighted by Crippen LogP contribution is 2.32. The van der Waals surface area contributed by atoms with E-state index in [4.69, 9.17) is 9.47 Å². The van der Waals surface area contributed by atoms with Crippen molar-refractivity contribution in [2.75, 3.05) is 13.1 Å². The molecular formula is C30H40FN3O5S. The van der Waals surface area contributed by atoms with Gasteiger partial charge >= 0.3 is 6.09 Å². The number of piperidine rings is 1. The number of nitrogens with one attached hydrogen (secondary N) is 1. The minimum absolute atomic E-state index is 0.134. The molecule has 2 heterocycles. The number of amides is 1. The van der Waals surface area contributed by atoms with Gasteiger partial charge in [0.15, 0.2) is 0 Å². The van der Waals surface area contributed by atoms with Crippen LogP contribution in [0, 0.1) is 5.82 Å². The summed E-state index contributed by atoms with van der Waals surface area (Å²) >= 11 is 0. The molecule has 1 N–H and O–H groups in total. The second-order valence-corrected chi connectivity index (χ2v) is 14.0. The van der Waals surface area contributed by atoms with E-state index >= 15 is 0 Å². The number of benzene rings is 2. The van der Waals surface area contributed by atoms with E-state index < -0.39 is 38.3 Å². The molecule has 4 rings (SSSR count). The molecule has 0 radical (unpaired) electrons. The predicted molar refractivity (Wildman–Crippen MR) is 153 cm³/mol. The number of ether oxygens (including phenoxy) is 2. The Hall–Kier alpha value is -3.14. The lowest BCUT2D eigenvalue weighted by Crippen LogP contribution is -2.59. The van der Waals surface area contributed by atoms with Crippen LogP contribution in [0.25, 0.3) is 0 Å². The average Bonchev–Trinajstić information content (AvgIpc) is 2.85. The number of likely N-dealkylation sites (tertiary alicyclic amines) is 1. The number of hydrogen-bond acceptors (Lipinski definition) is 6. The van der Waals surface area contributed by atoms with Gasteiger partial charge in [-0.2, -0.15) is 0 Å². The lowest BCUT2D eigenvalue weighted by Gasteiger charge is -2.39. The standard InChI is InChI=1S/C30H40FN3O5S/c1-20(24-9-7-8-10-25(24)31)32-27-33-40(36,37)26(30(5,6)38-27)19-21-11-13-22(14-12-21)23-15-17-34(18-16-23)28(35)39-29(2,3)4/h7-14,20,23,26H,15-19H2,1-6H3,(H,32,33). The average molecular weight is 574 g/mol. The van der Waals surface area contributed by atoms with E-state index in [0.717, 1.165) is 18.4 Å². The minimum atomic E-state index is -3.82. The van der Waals surface area contributed by atoms with Gasteiger partial charge in [0.05, 0.1) is 6.04 Å². The smallest absolute Gasteiger partial charge is 0.410 e. The van der Waals surface area contributed by atoms with Gasteiger partial charge in [0.2, 0.25) is 10.0 Å². The Balaban J connectivity index is 1.39. The molecule has 0 aromatic heterocycles. The summed E-state index contributed by atoms with van der Waals surface area (Å²) in [5.41, 5.74) is 0.823. The third-order valence-electron chi connectivity index (χ3n) is 7.42. The van der Waals surface area contributed by atoms with Crippen LogP contribution >= 0.6 is 0 Å². The van der Waals surface area contributed by atoms with Crippen LogP contribution < -0.4 is 4.72 Å². The van der Waals surface area contributed by atoms with Crippen LogP contribution in [0.1, 0.15) is 83.0 Å². The largest absolute Gasteiger partial charge is 0.457 e. The van der Waals surface area contributed by atoms with Gasteiger partial charge in [-0.3, -0.25) is 0 Å². The molecule has 0 spiro atoms. The zero-order valence-electron chi connectivity index (χ0n) is 24.1. The highest BCUT2D eigenvalue weighted by Gasteiger charge is 2.47. The van der Waals surface area contributed by atoms with Crippen molar-refractivity contribution in [1.29, 1.82) is 0 Å². The van der Waals surface area contributed by atoms with Gasteiger partial charge in [-0.15, -0.1) is 0 Å². The van der Waals surface area contributed by atoms with Crippen LogP contribution in [0.3, 0.4) is 0 Å². The summed E-state index contributed by atoms with van der Waals surface area (Å²) in [6.07, 6.45) is 1.67. The lowest BCUT2D eigenvalue weighted by atomic mass is 9.88. The van der Waals surface area contributed by atoms with Crippen molar-refractivity contribution in [2.24, 2.45) is 4.99 Å². The first kappa shape index (κ1) is 29.8. The monoisotopic (exact) mass is 573 g/mol. The number of aliphatic imine (C=N–C) groups is 1. The molecule has 2 fully saturated rings. The Labute approximate surface area is 237 Å². The Morgan fingerprint density at radius 2 is 1.77 bits per heavy atom. The van der Waals surface area contributed by atoms with Crippen molar-refractivity contribution >= 4 is 22.1 Å². The maximum Gasteiger partial charge on any atom is 0.410 e. The van der Waals surface area contributed by atoms with Crippen molar-refractivity contribution in [2.45, 2.75) is 89.2 Å². The maximum absolute atomic E-state index is 14.2. The fourth-order valence-corrected chi connectivity index (χ4v) is 6.92. The Morgan fingerprint density at radius 3 is 2.35 bits per heavy atom. The summed E-state index contributed by atoms with van der Waals surface area (Å²) in [5.74, 6) is -0.0880. The van der Waals surface area contributed by atoms with Crippen molar-refractivity contribution in [1.82, 2.24) is 9.62 Å². The SMILES string of the molecule is CC(N=C1NS(=O)(=O)C(Cc2ccc(C3CCN(C(=O)OC(C)(C)C)CC3)cc2)C(C)(C)O1)c1ccccc1F. The normalized spacial score (nSPS) is 22.7. The second-order valence-electron chi connectivity index (χ2n) is 12.2. The van der Waals surface area contributed by atoms with E-state index in [1.165, 1.54) is 11.6 Å². The summed E-state index contributed by atoms with van der Waals surface area (Å²) in [6.45, 7) is 12.0. The fourth-order valence-electron chi connectivity index (χ4n) is 5.23. The number of amidine groups is 1. The number of sulfonamides is 1. The number of nitrogens with zero attached hydrogens (tertiary/aromatic N) is 2. The molecule has 1 amide bonds. The Kier molecular flexibility index (Phi) is 8.49. The number of hydrogen-bond donors (Lipinski definition) is 1. The first-order valence-electron chi connectivity index (χ1n) is 13.7. The van der Waals surface area contributed by atoms with E-state index in [0.29, 0.717) is 24.6 Å². The molecule has 40 heavy (non-hydrogen) atoms. The lowest BCUT2D eigenvalue weighted by molar-refractivity contribution is 0.0204. The van der Waals surface area contributed by atoms with Crippen molar-refractivity contribution < 1.29 is 27.1 Å². The van der Waals surface area contributed by atoms with E-state index in [9.17, 15) is 17.6 Å².